The number of hydrogen-bond acceptors (Lipinski definition) is 5. The van der Waals surface area contributed by atoms with Crippen LogP contribution in [-0.4, -0.2) is 36.4 Å². The van der Waals surface area contributed by atoms with Gasteiger partial charge in [0.25, 0.3) is 0 Å². The molecule has 1 atom stereocenters. The number of carbonyl (C=O) groups is 2. The fourth-order valence-electron chi connectivity index (χ4n) is 8.79. The Morgan fingerprint density at radius 2 is 0.597 bits per heavy atom. The summed E-state index contributed by atoms with van der Waals surface area (Å²) in [5.41, 5.74) is 0. The lowest BCUT2D eigenvalue weighted by Gasteiger charge is -2.15. The molecule has 1 unspecified atom stereocenters. The van der Waals surface area contributed by atoms with Crippen LogP contribution in [0.2, 0.25) is 0 Å². The van der Waals surface area contributed by atoms with Gasteiger partial charge in [0.1, 0.15) is 6.61 Å². The summed E-state index contributed by atoms with van der Waals surface area (Å²) >= 11 is 0. The minimum absolute atomic E-state index is 0.0593. The highest BCUT2D eigenvalue weighted by Crippen LogP contribution is 2.18. The molecule has 0 saturated carbocycles. The average molecular weight is 876 g/mol. The molecule has 368 valence electrons. The number of aliphatic hydroxyl groups excluding tert-OH is 1. The van der Waals surface area contributed by atoms with E-state index in [9.17, 15) is 14.7 Å². The molecule has 0 radical (unpaired) electrons. The van der Waals surface area contributed by atoms with E-state index in [1.54, 1.807) is 0 Å². The molecule has 0 aliphatic rings. The number of unbranched alkanes of at least 4 members (excludes halogenated alkanes) is 43. The fraction of sp³-hybridized carbons (Fsp3) is 0.930. The average Bonchev–Trinajstić information content (AvgIpc) is 3.28. The molecule has 1 N–H and O–H groups in total. The Morgan fingerprint density at radius 3 is 0.871 bits per heavy atom. The van der Waals surface area contributed by atoms with Crippen LogP contribution in [0, 0.1) is 0 Å². The third-order valence-electron chi connectivity index (χ3n) is 13.1. The number of esters is 2. The van der Waals surface area contributed by atoms with Gasteiger partial charge in [0.2, 0.25) is 0 Å². The van der Waals surface area contributed by atoms with Gasteiger partial charge < -0.3 is 14.6 Å². The smallest absolute Gasteiger partial charge is 0.306 e. The van der Waals surface area contributed by atoms with Crippen LogP contribution in [0.15, 0.2) is 12.2 Å². The molecule has 0 aromatic heterocycles. The quantitative estimate of drug-likeness (QED) is 0.0374. The van der Waals surface area contributed by atoms with Crippen LogP contribution in [0.5, 0.6) is 0 Å². The van der Waals surface area contributed by atoms with Crippen LogP contribution in [0.4, 0.5) is 0 Å². The molecule has 0 amide bonds. The summed E-state index contributed by atoms with van der Waals surface area (Å²) in [5.74, 6) is -0.571. The van der Waals surface area contributed by atoms with Gasteiger partial charge in [0, 0.05) is 12.8 Å². The number of allylic oxidation sites excluding steroid dienone is 2. The van der Waals surface area contributed by atoms with Crippen molar-refractivity contribution in [1.82, 2.24) is 0 Å². The van der Waals surface area contributed by atoms with Gasteiger partial charge in [-0.1, -0.05) is 283 Å². The summed E-state index contributed by atoms with van der Waals surface area (Å²) in [5, 5.41) is 9.64. The molecule has 0 aromatic rings. The van der Waals surface area contributed by atoms with Gasteiger partial charge in [0.05, 0.1) is 6.61 Å². The number of aliphatic hydroxyl groups is 1. The monoisotopic (exact) mass is 875 g/mol. The lowest BCUT2D eigenvalue weighted by Crippen LogP contribution is -2.28. The molecule has 0 spiro atoms. The van der Waals surface area contributed by atoms with E-state index in [2.05, 4.69) is 26.0 Å². The van der Waals surface area contributed by atoms with E-state index in [1.165, 1.54) is 263 Å². The van der Waals surface area contributed by atoms with Crippen molar-refractivity contribution < 1.29 is 24.2 Å². The van der Waals surface area contributed by atoms with Crippen molar-refractivity contribution in [2.75, 3.05) is 13.2 Å². The van der Waals surface area contributed by atoms with E-state index in [1.807, 2.05) is 0 Å². The lowest BCUT2D eigenvalue weighted by atomic mass is 10.0. The first-order valence-corrected chi connectivity index (χ1v) is 28.2. The van der Waals surface area contributed by atoms with Crippen LogP contribution >= 0.6 is 0 Å². The second-order valence-electron chi connectivity index (χ2n) is 19.4. The SMILES string of the molecule is CCCCCCCCCC/C=C\CCCCCCCCCCCC(=O)OC(CO)COC(=O)CCCCCCCCCCCCCCCCCCCCCCCCCCCCC. The zero-order valence-corrected chi connectivity index (χ0v) is 42.2. The Balaban J connectivity index is 3.41. The predicted octanol–water partition coefficient (Wildman–Crippen LogP) is 18.8. The van der Waals surface area contributed by atoms with Crippen LogP contribution in [0.3, 0.4) is 0 Å². The molecular formula is C57H110O5. The Morgan fingerprint density at radius 1 is 0.355 bits per heavy atom. The summed E-state index contributed by atoms with van der Waals surface area (Å²) in [7, 11) is 0. The summed E-state index contributed by atoms with van der Waals surface area (Å²) < 4.78 is 10.7. The summed E-state index contributed by atoms with van der Waals surface area (Å²) in [6, 6.07) is 0. The summed E-state index contributed by atoms with van der Waals surface area (Å²) in [6.07, 6.45) is 66.2. The maximum absolute atomic E-state index is 12.3. The second-order valence-corrected chi connectivity index (χ2v) is 19.4. The first-order chi connectivity index (χ1) is 30.6. The molecule has 0 heterocycles. The number of carbonyl (C=O) groups excluding carboxylic acids is 2. The molecule has 5 nitrogen and oxygen atoms in total. The highest BCUT2D eigenvalue weighted by molar-refractivity contribution is 5.70. The van der Waals surface area contributed by atoms with E-state index < -0.39 is 6.10 Å². The van der Waals surface area contributed by atoms with Gasteiger partial charge in [-0.25, -0.2) is 0 Å². The number of hydrogen-bond donors (Lipinski definition) is 1. The van der Waals surface area contributed by atoms with Crippen molar-refractivity contribution in [2.24, 2.45) is 0 Å². The molecular weight excluding hydrogens is 765 g/mol. The molecule has 0 fully saturated rings. The van der Waals surface area contributed by atoms with Crippen LogP contribution in [0.1, 0.15) is 322 Å². The van der Waals surface area contributed by atoms with E-state index in [4.69, 9.17) is 9.47 Å². The minimum Gasteiger partial charge on any atom is -0.462 e. The predicted molar refractivity (Wildman–Crippen MR) is 270 cm³/mol. The Hall–Kier alpha value is -1.36. The minimum atomic E-state index is -0.768. The van der Waals surface area contributed by atoms with Crippen molar-refractivity contribution in [3.8, 4) is 0 Å². The lowest BCUT2D eigenvalue weighted by molar-refractivity contribution is -0.161. The Labute approximate surface area is 388 Å². The van der Waals surface area contributed by atoms with Crippen LogP contribution in [0.25, 0.3) is 0 Å². The van der Waals surface area contributed by atoms with Crippen LogP contribution in [-0.2, 0) is 19.1 Å². The Bertz CT molecular complexity index is 902. The van der Waals surface area contributed by atoms with Gasteiger partial charge in [-0.2, -0.15) is 0 Å². The van der Waals surface area contributed by atoms with Gasteiger partial charge in [-0.15, -0.1) is 0 Å². The van der Waals surface area contributed by atoms with E-state index in [0.717, 1.165) is 32.1 Å². The van der Waals surface area contributed by atoms with Crippen LogP contribution < -0.4 is 0 Å². The van der Waals surface area contributed by atoms with Gasteiger partial charge in [-0.3, -0.25) is 9.59 Å². The molecule has 0 aliphatic heterocycles. The van der Waals surface area contributed by atoms with Crippen molar-refractivity contribution in [1.29, 1.82) is 0 Å². The topological polar surface area (TPSA) is 72.8 Å². The number of rotatable bonds is 53. The molecule has 0 saturated heterocycles. The normalized spacial score (nSPS) is 12.1. The maximum atomic E-state index is 12.3. The van der Waals surface area contributed by atoms with Gasteiger partial charge >= 0.3 is 11.9 Å². The third-order valence-corrected chi connectivity index (χ3v) is 13.1. The standard InChI is InChI=1S/C57H110O5/c1-3-5-7-9-11-13-15-17-19-21-23-25-26-27-28-29-30-32-33-35-37-39-41-43-45-47-49-51-56(59)61-54-55(53-58)62-57(60)52-50-48-46-44-42-40-38-36-34-31-24-22-20-18-16-14-12-10-8-6-4-2/h22,24,55,58H,3-21,23,25-54H2,1-2H3/b24-22-. The molecule has 0 aromatic carbocycles. The number of ether oxygens (including phenoxy) is 2. The van der Waals surface area contributed by atoms with E-state index >= 15 is 0 Å². The first kappa shape index (κ1) is 60.6. The van der Waals surface area contributed by atoms with Gasteiger partial charge in [-0.05, 0) is 38.5 Å². The van der Waals surface area contributed by atoms with Crippen molar-refractivity contribution >= 4 is 11.9 Å². The summed E-state index contributed by atoms with van der Waals surface area (Å²) in [4.78, 5) is 24.5. The molecule has 5 heteroatoms. The van der Waals surface area contributed by atoms with Crippen molar-refractivity contribution in [3.05, 3.63) is 12.2 Å². The molecule has 0 rings (SSSR count). The van der Waals surface area contributed by atoms with Gasteiger partial charge in [0.15, 0.2) is 6.10 Å². The van der Waals surface area contributed by atoms with E-state index in [0.29, 0.717) is 12.8 Å². The van der Waals surface area contributed by atoms with E-state index in [-0.39, 0.29) is 25.2 Å². The molecule has 0 aliphatic carbocycles. The second kappa shape index (κ2) is 54.0. The third kappa shape index (κ3) is 51.3. The molecule has 0 bridgehead atoms. The zero-order chi connectivity index (χ0) is 44.9. The van der Waals surface area contributed by atoms with Crippen molar-refractivity contribution in [2.45, 2.75) is 328 Å². The maximum Gasteiger partial charge on any atom is 0.306 e. The zero-order valence-electron chi connectivity index (χ0n) is 42.2. The highest BCUT2D eigenvalue weighted by Gasteiger charge is 2.16. The Kier molecular flexibility index (Phi) is 52.8. The first-order valence-electron chi connectivity index (χ1n) is 28.2. The largest absolute Gasteiger partial charge is 0.462 e. The fourth-order valence-corrected chi connectivity index (χ4v) is 8.79. The summed E-state index contributed by atoms with van der Waals surface area (Å²) in [6.45, 7) is 4.20. The highest BCUT2D eigenvalue weighted by atomic mass is 16.6. The van der Waals surface area contributed by atoms with Crippen molar-refractivity contribution in [3.63, 3.8) is 0 Å². The molecule has 62 heavy (non-hydrogen) atoms.